The molecule has 2 aromatic rings. The van der Waals surface area contributed by atoms with E-state index in [0.717, 1.165) is 4.68 Å². The Balaban J connectivity index is 0.00000170. The second-order valence-electron chi connectivity index (χ2n) is 9.35. The summed E-state index contributed by atoms with van der Waals surface area (Å²) in [6, 6.07) is 3.51. The Morgan fingerprint density at radius 1 is 0.977 bits per heavy atom. The lowest BCUT2D eigenvalue weighted by Crippen LogP contribution is -2.52. The molecule has 43 heavy (non-hydrogen) atoms. The molecular formula is C26H38N8O9. The van der Waals surface area contributed by atoms with E-state index < -0.39 is 42.3 Å². The van der Waals surface area contributed by atoms with Crippen molar-refractivity contribution in [1.82, 2.24) is 36.3 Å². The maximum absolute atomic E-state index is 12.7. The van der Waals surface area contributed by atoms with E-state index in [1.54, 1.807) is 27.8 Å². The van der Waals surface area contributed by atoms with Crippen LogP contribution in [0.15, 0.2) is 24.4 Å². The van der Waals surface area contributed by atoms with Gasteiger partial charge in [-0.25, -0.2) is 4.68 Å². The maximum Gasteiger partial charge on any atom is 0.325 e. The Kier molecular flexibility index (Phi) is 15.6. The fraction of sp³-hybridized carbons (Fsp3) is 0.462. The van der Waals surface area contributed by atoms with Crippen molar-refractivity contribution in [3.63, 3.8) is 0 Å². The van der Waals surface area contributed by atoms with Crippen molar-refractivity contribution in [2.45, 2.75) is 52.9 Å². The minimum atomic E-state index is -1.09. The Labute approximate surface area is 247 Å². The number of aliphatic carboxylic acids is 2. The Morgan fingerprint density at radius 2 is 1.65 bits per heavy atom. The number of likely N-dealkylation sites (N-methyl/N-ethyl adjacent to an activating group) is 1. The number of benzene rings is 1. The van der Waals surface area contributed by atoms with E-state index in [1.165, 1.54) is 24.4 Å². The van der Waals surface area contributed by atoms with Crippen LogP contribution >= 0.6 is 0 Å². The maximum atomic E-state index is 12.7. The normalized spacial score (nSPS) is 11.0. The number of hydrogen-bond donors (Lipinski definition) is 8. The molecule has 236 valence electrons. The molecule has 1 heterocycles. The van der Waals surface area contributed by atoms with E-state index in [-0.39, 0.29) is 55.7 Å². The van der Waals surface area contributed by atoms with Crippen LogP contribution in [0.2, 0.25) is 0 Å². The first-order chi connectivity index (χ1) is 20.3. The van der Waals surface area contributed by atoms with Gasteiger partial charge >= 0.3 is 11.9 Å². The van der Waals surface area contributed by atoms with E-state index in [2.05, 4.69) is 36.9 Å². The summed E-state index contributed by atoms with van der Waals surface area (Å²) in [6.45, 7) is 3.93. The number of rotatable bonds is 15. The largest absolute Gasteiger partial charge is 0.481 e. The topological polar surface area (TPSA) is 254 Å². The molecule has 2 rings (SSSR count). The molecule has 0 radical (unpaired) electrons. The highest BCUT2D eigenvalue weighted by Gasteiger charge is 2.24. The van der Waals surface area contributed by atoms with Crippen molar-refractivity contribution in [3.05, 3.63) is 41.2 Å². The number of carbonyl (C=O) groups is 6. The zero-order valence-electron chi connectivity index (χ0n) is 24.3. The molecule has 0 saturated heterocycles. The fourth-order valence-corrected chi connectivity index (χ4v) is 3.31. The van der Waals surface area contributed by atoms with Crippen molar-refractivity contribution in [2.24, 2.45) is 5.92 Å². The van der Waals surface area contributed by atoms with Gasteiger partial charge in [-0.3, -0.25) is 28.8 Å². The summed E-state index contributed by atoms with van der Waals surface area (Å²) < 4.78 is 1.11. The number of carboxylic acid groups (broad SMARTS) is 2. The SMILES string of the molecule is CCC(=O)O.CNCC(=O)NC(C(=O)NCC(=O)Nc1ccc(CO)c(C(=O)NCc2cn(CC(=O)O)nn2)c1)C(C)C. The van der Waals surface area contributed by atoms with Crippen molar-refractivity contribution < 1.29 is 44.1 Å². The summed E-state index contributed by atoms with van der Waals surface area (Å²) in [4.78, 5) is 69.6. The molecule has 17 nitrogen and oxygen atoms in total. The van der Waals surface area contributed by atoms with Gasteiger partial charge in [-0.1, -0.05) is 32.1 Å². The number of anilines is 1. The van der Waals surface area contributed by atoms with Gasteiger partial charge in [0.25, 0.3) is 5.91 Å². The molecule has 0 aliphatic heterocycles. The highest BCUT2D eigenvalue weighted by molar-refractivity contribution is 5.99. The minimum Gasteiger partial charge on any atom is -0.481 e. The monoisotopic (exact) mass is 606 g/mol. The van der Waals surface area contributed by atoms with E-state index in [1.807, 2.05) is 0 Å². The van der Waals surface area contributed by atoms with Gasteiger partial charge in [0, 0.05) is 17.7 Å². The first-order valence-electron chi connectivity index (χ1n) is 13.2. The number of aliphatic hydroxyl groups is 1. The van der Waals surface area contributed by atoms with Crippen LogP contribution in [-0.2, 0) is 43.7 Å². The van der Waals surface area contributed by atoms with Gasteiger partial charge in [0.15, 0.2) is 0 Å². The molecule has 1 atom stereocenters. The molecule has 0 spiro atoms. The van der Waals surface area contributed by atoms with Crippen molar-refractivity contribution in [2.75, 3.05) is 25.5 Å². The van der Waals surface area contributed by atoms with Crippen LogP contribution < -0.4 is 26.6 Å². The summed E-state index contributed by atoms with van der Waals surface area (Å²) >= 11 is 0. The van der Waals surface area contributed by atoms with Gasteiger partial charge in [-0.05, 0) is 30.7 Å². The molecule has 0 aliphatic carbocycles. The molecule has 0 fully saturated rings. The molecule has 0 saturated carbocycles. The number of aliphatic hydroxyl groups excluding tert-OH is 1. The van der Waals surface area contributed by atoms with Crippen LogP contribution in [0.4, 0.5) is 5.69 Å². The number of carboxylic acids is 2. The molecule has 8 N–H and O–H groups in total. The number of aromatic nitrogens is 3. The van der Waals surface area contributed by atoms with Gasteiger partial charge in [-0.2, -0.15) is 0 Å². The first-order valence-corrected chi connectivity index (χ1v) is 13.2. The molecule has 1 aromatic carbocycles. The van der Waals surface area contributed by atoms with Gasteiger partial charge < -0.3 is 41.9 Å². The third-order valence-corrected chi connectivity index (χ3v) is 5.45. The summed E-state index contributed by atoms with van der Waals surface area (Å²) in [5.74, 6) is -4.06. The van der Waals surface area contributed by atoms with Crippen LogP contribution in [0.1, 0.15) is 48.8 Å². The molecular weight excluding hydrogens is 568 g/mol. The van der Waals surface area contributed by atoms with Gasteiger partial charge in [-0.15, -0.1) is 5.10 Å². The zero-order chi connectivity index (χ0) is 32.5. The smallest absolute Gasteiger partial charge is 0.325 e. The Morgan fingerprint density at radius 3 is 2.21 bits per heavy atom. The number of nitrogens with one attached hydrogen (secondary N) is 5. The van der Waals surface area contributed by atoms with E-state index in [9.17, 15) is 33.9 Å². The second-order valence-corrected chi connectivity index (χ2v) is 9.35. The van der Waals surface area contributed by atoms with Crippen molar-refractivity contribution >= 4 is 41.3 Å². The summed E-state index contributed by atoms with van der Waals surface area (Å²) in [6.07, 6.45) is 1.60. The lowest BCUT2D eigenvalue weighted by Gasteiger charge is -2.21. The molecule has 17 heteroatoms. The molecule has 0 bridgehead atoms. The van der Waals surface area contributed by atoms with Gasteiger partial charge in [0.05, 0.1) is 32.4 Å². The number of nitrogens with zero attached hydrogens (tertiary/aromatic N) is 3. The van der Waals surface area contributed by atoms with Gasteiger partial charge in [0.1, 0.15) is 18.3 Å². The minimum absolute atomic E-state index is 0.0433. The third-order valence-electron chi connectivity index (χ3n) is 5.45. The first kappa shape index (κ1) is 36.1. The predicted molar refractivity (Wildman–Crippen MR) is 151 cm³/mol. The van der Waals surface area contributed by atoms with Crippen molar-refractivity contribution in [3.8, 4) is 0 Å². The van der Waals surface area contributed by atoms with Crippen LogP contribution in [0.5, 0.6) is 0 Å². The van der Waals surface area contributed by atoms with Crippen molar-refractivity contribution in [1.29, 1.82) is 0 Å². The summed E-state index contributed by atoms with van der Waals surface area (Å²) in [7, 11) is 1.60. The molecule has 0 aliphatic rings. The van der Waals surface area contributed by atoms with Gasteiger partial charge in [0.2, 0.25) is 17.7 Å². The third kappa shape index (κ3) is 13.5. The molecule has 1 unspecified atom stereocenters. The molecule has 4 amide bonds. The van der Waals surface area contributed by atoms with E-state index in [4.69, 9.17) is 10.2 Å². The number of amides is 4. The highest BCUT2D eigenvalue weighted by Crippen LogP contribution is 2.17. The lowest BCUT2D eigenvalue weighted by atomic mass is 10.0. The quantitative estimate of drug-likeness (QED) is 0.117. The second kappa shape index (κ2) is 18.5. The Hall–Kier alpha value is -4.90. The molecule has 1 aromatic heterocycles. The average molecular weight is 607 g/mol. The van der Waals surface area contributed by atoms with Crippen LogP contribution in [0, 0.1) is 5.92 Å². The Bertz CT molecular complexity index is 1280. The number of carbonyl (C=O) groups excluding carboxylic acids is 4. The van der Waals surface area contributed by atoms with Crippen LogP contribution in [0.3, 0.4) is 0 Å². The van der Waals surface area contributed by atoms with Crippen LogP contribution in [-0.4, -0.2) is 92.1 Å². The zero-order valence-corrected chi connectivity index (χ0v) is 24.3. The standard InChI is InChI=1S/C23H32N8O7.C3H6O2/c1-13(2)21(28-18(33)8-24-3)23(38)26-9-19(34)27-15-5-4-14(12-32)17(6-15)22(37)25-7-16-10-31(30-29-16)11-20(35)36;1-2-3(4)5/h4-6,10,13,21,24,32H,7-9,11-12H2,1-3H3,(H,25,37)(H,26,38)(H,27,34)(H,28,33)(H,35,36);2H2,1H3,(H,4,5). The lowest BCUT2D eigenvalue weighted by molar-refractivity contribution is -0.138. The fourth-order valence-electron chi connectivity index (χ4n) is 3.31. The summed E-state index contributed by atoms with van der Waals surface area (Å²) in [5, 5.41) is 46.5. The van der Waals surface area contributed by atoms with Crippen LogP contribution in [0.25, 0.3) is 0 Å². The van der Waals surface area contributed by atoms with E-state index in [0.29, 0.717) is 11.3 Å². The highest BCUT2D eigenvalue weighted by atomic mass is 16.4. The summed E-state index contributed by atoms with van der Waals surface area (Å²) in [5.41, 5.74) is 0.980. The van der Waals surface area contributed by atoms with E-state index >= 15 is 0 Å². The average Bonchev–Trinajstić information content (AvgIpc) is 3.40. The number of hydrogen-bond acceptors (Lipinski definition) is 10. The predicted octanol–water partition coefficient (Wildman–Crippen LogP) is -1.32.